The van der Waals surface area contributed by atoms with Gasteiger partial charge in [0.25, 0.3) is 17.7 Å². The van der Waals surface area contributed by atoms with E-state index in [0.717, 1.165) is 58.8 Å². The zero-order valence-electron chi connectivity index (χ0n) is 71.7. The average Bonchev–Trinajstić information content (AvgIpc) is 1.64. The van der Waals surface area contributed by atoms with Crippen LogP contribution in [0.1, 0.15) is 140 Å². The highest BCUT2D eigenvalue weighted by atomic mass is 16.2. The fourth-order valence-corrected chi connectivity index (χ4v) is 17.1. The van der Waals surface area contributed by atoms with Crippen LogP contribution in [0.4, 0.5) is 0 Å². The molecule has 11 aromatic carbocycles. The monoisotopic (exact) mass is 1690 g/mol. The van der Waals surface area contributed by atoms with E-state index in [0.29, 0.717) is 127 Å². The number of H-pyrrole nitrogens is 1. The Kier molecular flexibility index (Phi) is 33.8. The third kappa shape index (κ3) is 26.0. The Morgan fingerprint density at radius 3 is 0.952 bits per heavy atom. The van der Waals surface area contributed by atoms with Gasteiger partial charge < -0.3 is 74.5 Å². The summed E-state index contributed by atoms with van der Waals surface area (Å²) in [4.78, 5) is 94.0. The molecule has 0 spiro atoms. The number of aromatic nitrogens is 1. The fraction of sp³-hybridized carbons (Fsp3) is 0.286. The molecule has 21 nitrogen and oxygen atoms in total. The highest BCUT2D eigenvalue weighted by Crippen LogP contribution is 2.32. The van der Waals surface area contributed by atoms with E-state index >= 15 is 0 Å². The highest BCUT2D eigenvalue weighted by Gasteiger charge is 2.37. The zero-order chi connectivity index (χ0) is 87.6. The summed E-state index contributed by atoms with van der Waals surface area (Å²) in [6.45, 7) is 6.38. The number of hydrogen-bond acceptors (Lipinski definition) is 12. The van der Waals surface area contributed by atoms with Gasteiger partial charge in [0.2, 0.25) is 17.7 Å². The van der Waals surface area contributed by atoms with E-state index in [1.165, 1.54) is 33.4 Å². The number of fused-ring (bicyclic) bond motifs is 1. The molecule has 12 aromatic rings. The number of carbonyl (C=O) groups excluding carboxylic acids is 6. The second-order valence-electron chi connectivity index (χ2n) is 32.7. The summed E-state index contributed by atoms with van der Waals surface area (Å²) in [7, 11) is 0. The molecule has 3 aliphatic rings. The minimum Gasteiger partial charge on any atom is -0.370 e. The van der Waals surface area contributed by atoms with Crippen LogP contribution in [0.25, 0.3) is 33.2 Å². The molecule has 4 heterocycles. The molecule has 0 unspecified atom stereocenters. The normalized spacial score (nSPS) is 17.2. The van der Waals surface area contributed by atoms with E-state index in [-0.39, 0.29) is 89.4 Å². The third-order valence-electron chi connectivity index (χ3n) is 24.0. The van der Waals surface area contributed by atoms with E-state index in [4.69, 9.17) is 22.9 Å². The molecule has 15 rings (SSSR count). The highest BCUT2D eigenvalue weighted by molar-refractivity contribution is 5.98. The molecule has 3 fully saturated rings. The first kappa shape index (κ1) is 90.6. The lowest BCUT2D eigenvalue weighted by Gasteiger charge is -2.29. The van der Waals surface area contributed by atoms with Crippen molar-refractivity contribution in [2.45, 2.75) is 112 Å². The molecule has 3 saturated heterocycles. The number of benzene rings is 11. The summed E-state index contributed by atoms with van der Waals surface area (Å²) in [6.07, 6.45) is 6.28. The number of nitrogens with one attached hydrogen (secondary N) is 7. The van der Waals surface area contributed by atoms with Crippen LogP contribution in [-0.2, 0) is 14.4 Å². The number of carbonyl (C=O) groups is 6. The summed E-state index contributed by atoms with van der Waals surface area (Å²) >= 11 is 0. The largest absolute Gasteiger partial charge is 0.370 e. The topological polar surface area (TPSA) is 317 Å². The summed E-state index contributed by atoms with van der Waals surface area (Å²) < 4.78 is 0. The summed E-state index contributed by atoms with van der Waals surface area (Å²) in [5, 5.41) is 20.9. The van der Waals surface area contributed by atoms with E-state index in [2.05, 4.69) is 151 Å². The Labute approximate surface area is 740 Å². The molecule has 0 aliphatic carbocycles. The standard InChI is InChI=1S/C37H42N6O2.C36H40N4O2.C32H37N5O2/c38-37(39)40-23-10-17-34-36(45)43(26-33(29-13-6-2-7-14-29)30-15-8-3-9-16-30)24-22-32(42-34)25-41-35(44)31-20-18-28(19-21-31)27-11-4-1-5-12-27;37-23-10-17-34-36(42)40(26-33(29-13-6-2-7-14-29)30-15-8-3-9-16-30)24-22-32(39-34)25-38-35(41)31-20-18-28(19-21-31)27-11-4-1-5-12-27;33-18-9-16-29-32(39)37(22-27(23-10-3-1-4-11-23)24-12-5-2-6-13-24)19-17-26(35-29)21-34-31(38)30-20-25-14-7-8-15-28(25)36-30/h1-9,11-16,18-21,32-34,42H,10,17,22-26H2,(H,41,44)(H4,38,39,40);1-9,11-16,18-21,32-34,39H,10,17,22-26,37H2,(H,38,41);1-8,10-15,20,26-27,29,35-36H,9,16-19,21-22,33H2,(H,34,38)/t2*32-,34-;26-,29-/m000/s1. The molecule has 650 valence electrons. The number of hydrogen-bond donors (Lipinski definition) is 11. The van der Waals surface area contributed by atoms with Crippen LogP contribution < -0.4 is 54.8 Å². The maximum Gasteiger partial charge on any atom is 0.267 e. The number of para-hydroxylation sites is 1. The van der Waals surface area contributed by atoms with Gasteiger partial charge in [-0.25, -0.2) is 0 Å². The van der Waals surface area contributed by atoms with Crippen LogP contribution in [0.15, 0.2) is 327 Å². The molecule has 126 heavy (non-hydrogen) atoms. The van der Waals surface area contributed by atoms with E-state index in [9.17, 15) is 28.8 Å². The van der Waals surface area contributed by atoms with Crippen LogP contribution in [0.3, 0.4) is 0 Å². The maximum absolute atomic E-state index is 14.0. The Balaban J connectivity index is 0.000000162. The van der Waals surface area contributed by atoms with E-state index in [1.54, 1.807) is 0 Å². The summed E-state index contributed by atoms with van der Waals surface area (Å²) in [5.74, 6) is 0.0873. The predicted octanol–water partition coefficient (Wildman–Crippen LogP) is 13.8. The number of nitrogens with two attached hydrogens (primary N) is 4. The van der Waals surface area contributed by atoms with Crippen molar-refractivity contribution in [3.63, 3.8) is 0 Å². The van der Waals surface area contributed by atoms with Crippen molar-refractivity contribution < 1.29 is 28.8 Å². The second kappa shape index (κ2) is 47.1. The van der Waals surface area contributed by atoms with Gasteiger partial charge in [-0.2, -0.15) is 0 Å². The van der Waals surface area contributed by atoms with Crippen LogP contribution in [0.5, 0.6) is 0 Å². The molecular weight excluding hydrogens is 1570 g/mol. The minimum atomic E-state index is -0.416. The van der Waals surface area contributed by atoms with Gasteiger partial charge in [0.05, 0.1) is 18.1 Å². The van der Waals surface area contributed by atoms with Crippen molar-refractivity contribution in [1.82, 2.24) is 51.6 Å². The van der Waals surface area contributed by atoms with E-state index in [1.807, 2.05) is 227 Å². The smallest absolute Gasteiger partial charge is 0.267 e. The molecule has 1 aromatic heterocycles. The molecule has 6 amide bonds. The van der Waals surface area contributed by atoms with Crippen molar-refractivity contribution in [3.05, 3.63) is 372 Å². The minimum absolute atomic E-state index is 0.0260. The van der Waals surface area contributed by atoms with Crippen molar-refractivity contribution in [3.8, 4) is 22.3 Å². The number of nitrogens with zero attached hydrogens (tertiary/aromatic N) is 4. The van der Waals surface area contributed by atoms with Crippen LogP contribution in [0.2, 0.25) is 0 Å². The van der Waals surface area contributed by atoms with Gasteiger partial charge in [0.15, 0.2) is 5.96 Å². The van der Waals surface area contributed by atoms with Gasteiger partial charge in [-0.05, 0) is 163 Å². The van der Waals surface area contributed by atoms with Crippen LogP contribution >= 0.6 is 0 Å². The Morgan fingerprint density at radius 1 is 0.357 bits per heavy atom. The quantitative estimate of drug-likeness (QED) is 0.0104. The van der Waals surface area contributed by atoms with Gasteiger partial charge in [0.1, 0.15) is 5.69 Å². The molecular formula is C105H119N15O6. The molecule has 15 N–H and O–H groups in total. The van der Waals surface area contributed by atoms with Gasteiger partial charge in [-0.3, -0.25) is 33.8 Å². The maximum atomic E-state index is 14.0. The number of rotatable bonds is 33. The first-order valence-electron chi connectivity index (χ1n) is 44.3. The molecule has 3 aliphatic heterocycles. The number of aromatic amines is 1. The average molecular weight is 1690 g/mol. The lowest BCUT2D eigenvalue weighted by molar-refractivity contribution is -0.133. The number of guanidine groups is 1. The van der Waals surface area contributed by atoms with Gasteiger partial charge in [-0.15, -0.1) is 0 Å². The van der Waals surface area contributed by atoms with Gasteiger partial charge >= 0.3 is 0 Å². The lowest BCUT2D eigenvalue weighted by atomic mass is 9.90. The molecule has 0 bridgehead atoms. The Bertz CT molecular complexity index is 5240. The number of aliphatic imine (C=N–C) groups is 1. The molecule has 6 atom stereocenters. The van der Waals surface area contributed by atoms with Crippen molar-refractivity contribution in [1.29, 1.82) is 0 Å². The SMILES string of the molecule is NC(N)=NCCC[C@@H]1N[C@H](CNC(=O)c2ccc(-c3ccccc3)cc2)CCN(CC(c2ccccc2)c2ccccc2)C1=O.NCCC[C@@H]1N[C@H](CNC(=O)c2cc3ccccc3[nH]2)CCN(CC(c2ccccc2)c2ccccc2)C1=O.NCCC[C@@H]1N[C@H](CNC(=O)c2ccc(-c3ccccc3)cc2)CCN(CC(c2ccccc2)c2ccccc2)C1=O. The molecule has 0 radical (unpaired) electrons. The van der Waals surface area contributed by atoms with Gasteiger partial charge in [-0.1, -0.05) is 285 Å². The molecule has 0 saturated carbocycles. The zero-order valence-corrected chi connectivity index (χ0v) is 71.7. The van der Waals surface area contributed by atoms with E-state index < -0.39 is 6.04 Å². The molecule has 21 heteroatoms. The predicted molar refractivity (Wildman–Crippen MR) is 505 cm³/mol. The fourth-order valence-electron chi connectivity index (χ4n) is 17.1. The van der Waals surface area contributed by atoms with Crippen molar-refractivity contribution in [2.75, 3.05) is 78.5 Å². The van der Waals surface area contributed by atoms with Gasteiger partial charge in [0, 0.05) is 123 Å². The first-order chi connectivity index (χ1) is 61.7. The van der Waals surface area contributed by atoms with Crippen molar-refractivity contribution in [2.24, 2.45) is 27.9 Å². The number of amides is 6. The Hall–Kier alpha value is -13.2. The van der Waals surface area contributed by atoms with Crippen LogP contribution in [-0.4, -0.2) is 176 Å². The summed E-state index contributed by atoms with van der Waals surface area (Å²) in [5.41, 5.74) is 36.8. The Morgan fingerprint density at radius 2 is 0.643 bits per heavy atom. The second-order valence-corrected chi connectivity index (χ2v) is 32.7. The summed E-state index contributed by atoms with van der Waals surface area (Å²) in [6, 6.07) is 106. The first-order valence-corrected chi connectivity index (χ1v) is 44.3. The van der Waals surface area contributed by atoms with Crippen molar-refractivity contribution >= 4 is 52.3 Å². The van der Waals surface area contributed by atoms with Crippen LogP contribution in [0, 0.1) is 0 Å². The lowest BCUT2D eigenvalue weighted by Crippen LogP contribution is -2.49. The third-order valence-corrected chi connectivity index (χ3v) is 24.0.